The summed E-state index contributed by atoms with van der Waals surface area (Å²) in [6, 6.07) is 8.20. The number of aromatic nitrogens is 1. The van der Waals surface area contributed by atoms with Crippen molar-refractivity contribution in [3.8, 4) is 0 Å². The average Bonchev–Trinajstić information content (AvgIpc) is 3.03. The molecule has 5 nitrogen and oxygen atoms in total. The van der Waals surface area contributed by atoms with Crippen molar-refractivity contribution in [3.05, 3.63) is 35.5 Å². The summed E-state index contributed by atoms with van der Waals surface area (Å²) < 4.78 is 4.98. The second kappa shape index (κ2) is 4.58. The monoisotopic (exact) mass is 286 g/mol. The van der Waals surface area contributed by atoms with Gasteiger partial charge in [-0.3, -0.25) is 9.63 Å². The predicted octanol–water partition coefficient (Wildman–Crippen LogP) is 2.19. The molecule has 0 spiro atoms. The van der Waals surface area contributed by atoms with E-state index in [2.05, 4.69) is 17.1 Å². The Morgan fingerprint density at radius 2 is 2.24 bits per heavy atom. The SMILES string of the molecule is COC(=O)[C@H]1[C@H](C)ON2CCc3c([nH]c4ccccc34)[C@H]12. The zero-order valence-corrected chi connectivity index (χ0v) is 12.1. The number of fused-ring (bicyclic) bond motifs is 5. The van der Waals surface area contributed by atoms with Crippen molar-refractivity contribution in [1.82, 2.24) is 10.0 Å². The van der Waals surface area contributed by atoms with Crippen molar-refractivity contribution >= 4 is 16.9 Å². The molecule has 1 aromatic heterocycles. The van der Waals surface area contributed by atoms with Gasteiger partial charge in [-0.05, 0) is 25.0 Å². The number of hydrogen-bond donors (Lipinski definition) is 1. The lowest BCUT2D eigenvalue weighted by atomic mass is 9.88. The van der Waals surface area contributed by atoms with E-state index in [9.17, 15) is 4.79 Å². The number of benzene rings is 1. The Bertz CT molecular complexity index is 709. The van der Waals surface area contributed by atoms with Crippen LogP contribution in [0, 0.1) is 5.92 Å². The molecule has 0 saturated carbocycles. The Hall–Kier alpha value is -1.85. The quantitative estimate of drug-likeness (QED) is 0.817. The first-order valence-electron chi connectivity index (χ1n) is 7.31. The first kappa shape index (κ1) is 12.9. The van der Waals surface area contributed by atoms with E-state index in [1.54, 1.807) is 0 Å². The van der Waals surface area contributed by atoms with Crippen LogP contribution in [-0.4, -0.2) is 35.8 Å². The van der Waals surface area contributed by atoms with Crippen LogP contribution < -0.4 is 0 Å². The number of nitrogens with zero attached hydrogens (tertiary/aromatic N) is 1. The molecule has 2 aliphatic rings. The van der Waals surface area contributed by atoms with Crippen LogP contribution in [0.15, 0.2) is 24.3 Å². The summed E-state index contributed by atoms with van der Waals surface area (Å²) in [5, 5.41) is 3.18. The summed E-state index contributed by atoms with van der Waals surface area (Å²) in [6.45, 7) is 2.74. The molecule has 0 unspecified atom stereocenters. The Morgan fingerprint density at radius 3 is 3.05 bits per heavy atom. The minimum absolute atomic E-state index is 0.0800. The number of nitrogens with one attached hydrogen (secondary N) is 1. The number of carbonyl (C=O) groups is 1. The van der Waals surface area contributed by atoms with Gasteiger partial charge in [-0.15, -0.1) is 0 Å². The molecule has 2 aliphatic heterocycles. The number of rotatable bonds is 1. The van der Waals surface area contributed by atoms with Gasteiger partial charge in [-0.1, -0.05) is 18.2 Å². The number of methoxy groups -OCH3 is 1. The highest BCUT2D eigenvalue weighted by Gasteiger charge is 2.50. The fraction of sp³-hybridized carbons (Fsp3) is 0.438. The third kappa shape index (κ3) is 1.74. The molecule has 3 atom stereocenters. The fourth-order valence-corrected chi connectivity index (χ4v) is 3.72. The van der Waals surface area contributed by atoms with Crippen LogP contribution in [0.4, 0.5) is 0 Å². The van der Waals surface area contributed by atoms with Crippen molar-refractivity contribution in [2.45, 2.75) is 25.5 Å². The molecular weight excluding hydrogens is 268 g/mol. The Kier molecular flexibility index (Phi) is 2.80. The van der Waals surface area contributed by atoms with Gasteiger partial charge in [0.1, 0.15) is 5.92 Å². The molecular formula is C16H18N2O3. The molecule has 4 rings (SSSR count). The lowest BCUT2D eigenvalue weighted by Crippen LogP contribution is -2.34. The zero-order valence-electron chi connectivity index (χ0n) is 12.1. The van der Waals surface area contributed by atoms with Crippen LogP contribution in [0.1, 0.15) is 24.2 Å². The van der Waals surface area contributed by atoms with Crippen LogP contribution in [0.3, 0.4) is 0 Å². The first-order chi connectivity index (χ1) is 10.2. The third-order valence-electron chi connectivity index (χ3n) is 4.66. The number of carbonyl (C=O) groups excluding carboxylic acids is 1. The molecule has 3 heterocycles. The molecule has 0 bridgehead atoms. The van der Waals surface area contributed by atoms with E-state index in [1.165, 1.54) is 18.1 Å². The maximum Gasteiger partial charge on any atom is 0.313 e. The van der Waals surface area contributed by atoms with E-state index in [0.717, 1.165) is 24.2 Å². The molecule has 21 heavy (non-hydrogen) atoms. The highest BCUT2D eigenvalue weighted by molar-refractivity contribution is 5.85. The van der Waals surface area contributed by atoms with Crippen molar-refractivity contribution in [1.29, 1.82) is 0 Å². The van der Waals surface area contributed by atoms with Gasteiger partial charge in [0.25, 0.3) is 0 Å². The molecule has 0 aliphatic carbocycles. The average molecular weight is 286 g/mol. The van der Waals surface area contributed by atoms with Gasteiger partial charge in [-0.2, -0.15) is 5.06 Å². The standard InChI is InChI=1S/C16H18N2O3/c1-9-13(16(19)20-2)15-14-11(7-8-18(15)21-9)10-5-3-4-6-12(10)17-14/h3-6,9,13,15,17H,7-8H2,1-2H3/t9-,13-,15-/m0/s1. The number of para-hydroxylation sites is 1. The molecule has 1 saturated heterocycles. The number of hydroxylamine groups is 2. The van der Waals surface area contributed by atoms with Gasteiger partial charge >= 0.3 is 5.97 Å². The second-order valence-electron chi connectivity index (χ2n) is 5.76. The summed E-state index contributed by atoms with van der Waals surface area (Å²) in [4.78, 5) is 21.5. The Labute approximate surface area is 122 Å². The number of H-pyrrole nitrogens is 1. The summed E-state index contributed by atoms with van der Waals surface area (Å²) >= 11 is 0. The molecule has 2 aromatic rings. The van der Waals surface area contributed by atoms with Crippen LogP contribution in [0.5, 0.6) is 0 Å². The Balaban J connectivity index is 1.87. The smallest absolute Gasteiger partial charge is 0.313 e. The van der Waals surface area contributed by atoms with Gasteiger partial charge in [0.15, 0.2) is 0 Å². The number of aromatic amines is 1. The van der Waals surface area contributed by atoms with E-state index < -0.39 is 0 Å². The summed E-state index contributed by atoms with van der Waals surface area (Å²) in [5.74, 6) is -0.497. The largest absolute Gasteiger partial charge is 0.469 e. The Morgan fingerprint density at radius 1 is 1.43 bits per heavy atom. The highest BCUT2D eigenvalue weighted by Crippen LogP contribution is 2.45. The normalized spacial score (nSPS) is 28.4. The van der Waals surface area contributed by atoms with Crippen LogP contribution in [0.2, 0.25) is 0 Å². The molecule has 0 amide bonds. The van der Waals surface area contributed by atoms with Crippen molar-refractivity contribution in [3.63, 3.8) is 0 Å². The van der Waals surface area contributed by atoms with E-state index in [1.807, 2.05) is 24.1 Å². The highest BCUT2D eigenvalue weighted by atomic mass is 16.7. The van der Waals surface area contributed by atoms with Crippen molar-refractivity contribution < 1.29 is 14.4 Å². The van der Waals surface area contributed by atoms with E-state index in [0.29, 0.717) is 0 Å². The number of esters is 1. The number of ether oxygens (including phenoxy) is 1. The molecule has 5 heteroatoms. The minimum atomic E-state index is -0.290. The summed E-state index contributed by atoms with van der Waals surface area (Å²) in [5.41, 5.74) is 3.52. The molecule has 1 aromatic carbocycles. The summed E-state index contributed by atoms with van der Waals surface area (Å²) in [7, 11) is 1.44. The number of hydrogen-bond acceptors (Lipinski definition) is 4. The van der Waals surface area contributed by atoms with Crippen molar-refractivity contribution in [2.24, 2.45) is 5.92 Å². The van der Waals surface area contributed by atoms with Crippen LogP contribution >= 0.6 is 0 Å². The third-order valence-corrected chi connectivity index (χ3v) is 4.66. The lowest BCUT2D eigenvalue weighted by Gasteiger charge is -2.29. The maximum atomic E-state index is 12.2. The second-order valence-corrected chi connectivity index (χ2v) is 5.76. The zero-order chi connectivity index (χ0) is 14.6. The van der Waals surface area contributed by atoms with E-state index in [-0.39, 0.29) is 24.0 Å². The maximum absolute atomic E-state index is 12.2. The van der Waals surface area contributed by atoms with E-state index in [4.69, 9.17) is 9.57 Å². The molecule has 110 valence electrons. The van der Waals surface area contributed by atoms with Gasteiger partial charge in [0, 0.05) is 23.1 Å². The fourth-order valence-electron chi connectivity index (χ4n) is 3.72. The first-order valence-corrected chi connectivity index (χ1v) is 7.31. The van der Waals surface area contributed by atoms with Gasteiger partial charge in [-0.25, -0.2) is 0 Å². The topological polar surface area (TPSA) is 54.6 Å². The van der Waals surface area contributed by atoms with Crippen LogP contribution in [0.25, 0.3) is 10.9 Å². The van der Waals surface area contributed by atoms with E-state index >= 15 is 0 Å². The minimum Gasteiger partial charge on any atom is -0.469 e. The molecule has 1 fully saturated rings. The van der Waals surface area contributed by atoms with Gasteiger partial charge < -0.3 is 9.72 Å². The van der Waals surface area contributed by atoms with Crippen LogP contribution in [-0.2, 0) is 20.8 Å². The van der Waals surface area contributed by atoms with Crippen molar-refractivity contribution in [2.75, 3.05) is 13.7 Å². The summed E-state index contributed by atoms with van der Waals surface area (Å²) in [6.07, 6.45) is 0.760. The predicted molar refractivity (Wildman–Crippen MR) is 77.5 cm³/mol. The lowest BCUT2D eigenvalue weighted by molar-refractivity contribution is -0.162. The van der Waals surface area contributed by atoms with Gasteiger partial charge in [0.05, 0.1) is 19.3 Å². The molecule has 1 N–H and O–H groups in total. The van der Waals surface area contributed by atoms with Gasteiger partial charge in [0.2, 0.25) is 0 Å². The molecule has 0 radical (unpaired) electrons.